The topological polar surface area (TPSA) is 123 Å². The molecule has 3 atom stereocenters. The number of carbonyl (C=O) groups excluding carboxylic acids is 2. The van der Waals surface area contributed by atoms with Crippen molar-refractivity contribution in [1.29, 1.82) is 0 Å². The predicted octanol–water partition coefficient (Wildman–Crippen LogP) is 3.16. The van der Waals surface area contributed by atoms with Gasteiger partial charge in [-0.05, 0) is 29.2 Å². The van der Waals surface area contributed by atoms with Gasteiger partial charge in [0, 0.05) is 6.42 Å². The summed E-state index contributed by atoms with van der Waals surface area (Å²) in [5.41, 5.74) is 0.717. The number of rotatable bonds is 7. The third kappa shape index (κ3) is 4.65. The van der Waals surface area contributed by atoms with Gasteiger partial charge in [0.05, 0.1) is 11.1 Å². The molecule has 4 rings (SSSR count). The Hall–Kier alpha value is -4.05. The summed E-state index contributed by atoms with van der Waals surface area (Å²) in [7, 11) is 0. The van der Waals surface area contributed by atoms with Gasteiger partial charge in [-0.1, -0.05) is 41.4 Å². The summed E-state index contributed by atoms with van der Waals surface area (Å²) in [5.74, 6) is -1.52. The van der Waals surface area contributed by atoms with Crippen molar-refractivity contribution in [2.45, 2.75) is 24.9 Å². The Balaban J connectivity index is 1.50. The van der Waals surface area contributed by atoms with E-state index in [2.05, 4.69) is 4.98 Å². The first-order chi connectivity index (χ1) is 15.5. The zero-order chi connectivity index (χ0) is 22.5. The molecule has 3 aromatic rings. The van der Waals surface area contributed by atoms with Crippen molar-refractivity contribution in [3.8, 4) is 0 Å². The lowest BCUT2D eigenvalue weighted by atomic mass is 10.1. The molecule has 0 bridgehead atoms. The standard InChI is InChI=1S/C22H19N3O7/c26-20(15-7-3-1-4-8-15)30-14-18-17(32-21(27)16-9-5-2-6-10-16)13-19(31-18)24-12-11-23-22(24)25(28)29/h1-12,17-19H,13-14H2. The van der Waals surface area contributed by atoms with Crippen LogP contribution in [-0.2, 0) is 14.2 Å². The molecule has 2 heterocycles. The van der Waals surface area contributed by atoms with Crippen molar-refractivity contribution in [2.24, 2.45) is 0 Å². The molecule has 0 N–H and O–H groups in total. The lowest BCUT2D eigenvalue weighted by Crippen LogP contribution is -2.32. The minimum atomic E-state index is -0.817. The molecule has 1 fully saturated rings. The Morgan fingerprint density at radius 2 is 1.69 bits per heavy atom. The molecule has 3 unspecified atom stereocenters. The highest BCUT2D eigenvalue weighted by atomic mass is 16.6. The van der Waals surface area contributed by atoms with Gasteiger partial charge in [-0.25, -0.2) is 14.2 Å². The average Bonchev–Trinajstić information content (AvgIpc) is 3.46. The Kier molecular flexibility index (Phi) is 6.22. The molecule has 0 spiro atoms. The van der Waals surface area contributed by atoms with Gasteiger partial charge in [0.1, 0.15) is 31.2 Å². The van der Waals surface area contributed by atoms with Gasteiger partial charge in [-0.3, -0.25) is 0 Å². The third-order valence-corrected chi connectivity index (χ3v) is 4.96. The number of nitro groups is 1. The van der Waals surface area contributed by atoms with Crippen molar-refractivity contribution in [3.05, 3.63) is 94.3 Å². The van der Waals surface area contributed by atoms with E-state index in [4.69, 9.17) is 14.2 Å². The normalized spacial score (nSPS) is 19.9. The number of carbonyl (C=O) groups is 2. The van der Waals surface area contributed by atoms with E-state index in [0.717, 1.165) is 0 Å². The van der Waals surface area contributed by atoms with Crippen LogP contribution in [0.3, 0.4) is 0 Å². The second kappa shape index (κ2) is 9.40. The number of nitrogens with zero attached hydrogens (tertiary/aromatic N) is 3. The van der Waals surface area contributed by atoms with Crippen molar-refractivity contribution < 1.29 is 28.7 Å². The number of ether oxygens (including phenoxy) is 3. The molecular formula is C22H19N3O7. The zero-order valence-corrected chi connectivity index (χ0v) is 16.8. The van der Waals surface area contributed by atoms with Crippen molar-refractivity contribution >= 4 is 17.9 Å². The SMILES string of the molecule is O=C(OCC1OC(n2ccnc2[N+](=O)[O-])CC1OC(=O)c1ccccc1)c1ccccc1. The summed E-state index contributed by atoms with van der Waals surface area (Å²) >= 11 is 0. The number of aromatic nitrogens is 2. The first-order valence-corrected chi connectivity index (χ1v) is 9.84. The van der Waals surface area contributed by atoms with Crippen LogP contribution in [0.2, 0.25) is 0 Å². The smallest absolute Gasteiger partial charge is 0.436 e. The van der Waals surface area contributed by atoms with Crippen LogP contribution in [0.5, 0.6) is 0 Å². The van der Waals surface area contributed by atoms with E-state index >= 15 is 0 Å². The average molecular weight is 437 g/mol. The molecule has 10 heteroatoms. The molecule has 2 aromatic carbocycles. The largest absolute Gasteiger partial charge is 0.459 e. The van der Waals surface area contributed by atoms with Gasteiger partial charge in [0.2, 0.25) is 0 Å². The van der Waals surface area contributed by atoms with Gasteiger partial charge in [-0.15, -0.1) is 0 Å². The predicted molar refractivity (Wildman–Crippen MR) is 110 cm³/mol. The first-order valence-electron chi connectivity index (χ1n) is 9.84. The summed E-state index contributed by atoms with van der Waals surface area (Å²) in [5, 5.41) is 11.2. The monoisotopic (exact) mass is 437 g/mol. The van der Waals surface area contributed by atoms with Crippen molar-refractivity contribution in [3.63, 3.8) is 0 Å². The van der Waals surface area contributed by atoms with Crippen molar-refractivity contribution in [1.82, 2.24) is 9.55 Å². The van der Waals surface area contributed by atoms with Crippen LogP contribution >= 0.6 is 0 Å². The summed E-state index contributed by atoms with van der Waals surface area (Å²) in [4.78, 5) is 39.2. The molecule has 1 aliphatic rings. The Labute approximate surface area is 182 Å². The minimum absolute atomic E-state index is 0.128. The van der Waals surface area contributed by atoms with E-state index in [1.807, 2.05) is 0 Å². The molecule has 1 saturated heterocycles. The van der Waals surface area contributed by atoms with Crippen LogP contribution in [0.4, 0.5) is 5.95 Å². The zero-order valence-electron chi connectivity index (χ0n) is 16.8. The maximum absolute atomic E-state index is 12.6. The molecule has 32 heavy (non-hydrogen) atoms. The Bertz CT molecular complexity index is 1100. The molecule has 1 aromatic heterocycles. The van der Waals surface area contributed by atoms with Gasteiger partial charge in [0.15, 0.2) is 6.23 Å². The van der Waals surface area contributed by atoms with Crippen LogP contribution in [0.25, 0.3) is 0 Å². The van der Waals surface area contributed by atoms with E-state index in [1.54, 1.807) is 60.7 Å². The summed E-state index contributed by atoms with van der Waals surface area (Å²) in [6, 6.07) is 16.8. The highest BCUT2D eigenvalue weighted by Gasteiger charge is 2.43. The molecular weight excluding hydrogens is 418 g/mol. The lowest BCUT2D eigenvalue weighted by molar-refractivity contribution is -0.398. The van der Waals surface area contributed by atoms with Crippen LogP contribution in [0.15, 0.2) is 73.1 Å². The summed E-state index contributed by atoms with van der Waals surface area (Å²) in [6.07, 6.45) is 0.406. The lowest BCUT2D eigenvalue weighted by Gasteiger charge is -2.18. The number of esters is 2. The van der Waals surface area contributed by atoms with Gasteiger partial charge < -0.3 is 24.3 Å². The van der Waals surface area contributed by atoms with Gasteiger partial charge >= 0.3 is 17.9 Å². The number of hydrogen-bond donors (Lipinski definition) is 0. The summed E-state index contributed by atoms with van der Waals surface area (Å²) in [6.45, 7) is -0.195. The van der Waals surface area contributed by atoms with Crippen LogP contribution in [0.1, 0.15) is 33.4 Å². The van der Waals surface area contributed by atoms with Crippen LogP contribution in [-0.4, -0.2) is 45.2 Å². The molecule has 0 amide bonds. The second-order valence-corrected chi connectivity index (χ2v) is 7.03. The fraction of sp³-hybridized carbons (Fsp3) is 0.227. The highest BCUT2D eigenvalue weighted by Crippen LogP contribution is 2.34. The Morgan fingerprint density at radius 1 is 1.06 bits per heavy atom. The molecule has 10 nitrogen and oxygen atoms in total. The number of hydrogen-bond acceptors (Lipinski definition) is 8. The molecule has 0 aliphatic carbocycles. The molecule has 1 aliphatic heterocycles. The maximum Gasteiger partial charge on any atom is 0.436 e. The fourth-order valence-corrected chi connectivity index (χ4v) is 3.41. The van der Waals surface area contributed by atoms with Gasteiger partial charge in [0.25, 0.3) is 0 Å². The maximum atomic E-state index is 12.6. The quantitative estimate of drug-likeness (QED) is 0.314. The van der Waals surface area contributed by atoms with E-state index in [-0.39, 0.29) is 13.0 Å². The molecule has 0 radical (unpaired) electrons. The first kappa shape index (κ1) is 21.2. The number of benzene rings is 2. The molecule has 0 saturated carbocycles. The summed E-state index contributed by atoms with van der Waals surface area (Å²) < 4.78 is 18.1. The second-order valence-electron chi connectivity index (χ2n) is 7.03. The Morgan fingerprint density at radius 3 is 2.31 bits per heavy atom. The van der Waals surface area contributed by atoms with Crippen LogP contribution in [0, 0.1) is 10.1 Å². The van der Waals surface area contributed by atoms with E-state index < -0.39 is 41.2 Å². The van der Waals surface area contributed by atoms with Gasteiger partial charge in [-0.2, -0.15) is 0 Å². The van der Waals surface area contributed by atoms with Crippen LogP contribution < -0.4 is 0 Å². The fourth-order valence-electron chi connectivity index (χ4n) is 3.41. The third-order valence-electron chi connectivity index (χ3n) is 4.96. The molecule has 164 valence electrons. The van der Waals surface area contributed by atoms with E-state index in [9.17, 15) is 19.7 Å². The van der Waals surface area contributed by atoms with E-state index in [1.165, 1.54) is 17.0 Å². The van der Waals surface area contributed by atoms with E-state index in [0.29, 0.717) is 11.1 Å². The number of imidazole rings is 1. The highest BCUT2D eigenvalue weighted by molar-refractivity contribution is 5.90. The minimum Gasteiger partial charge on any atom is -0.459 e. The van der Waals surface area contributed by atoms with Crippen molar-refractivity contribution in [2.75, 3.05) is 6.61 Å².